The van der Waals surface area contributed by atoms with Crippen molar-refractivity contribution in [3.05, 3.63) is 70.8 Å². The number of hydrogen-bond acceptors (Lipinski definition) is 1. The topological polar surface area (TPSA) is 9.23 Å². The number of halogens is 3. The fourth-order valence-electron chi connectivity index (χ4n) is 3.41. The maximum Gasteiger partial charge on any atom is 0.416 e. The van der Waals surface area contributed by atoms with Crippen molar-refractivity contribution in [1.82, 2.24) is 0 Å². The van der Waals surface area contributed by atoms with Crippen LogP contribution in [-0.4, -0.2) is 8.32 Å². The SMILES string of the molecule is CC(C)(C)[Si](C)(C)O[C@H]1c2ccccc2C[C@@H]1c1ccc(C(F)(F)F)cc1. The molecule has 0 saturated heterocycles. The van der Waals surface area contributed by atoms with Gasteiger partial charge in [0, 0.05) is 5.92 Å². The fourth-order valence-corrected chi connectivity index (χ4v) is 4.69. The number of alkyl halides is 3. The van der Waals surface area contributed by atoms with Gasteiger partial charge in [-0.25, -0.2) is 0 Å². The Hall–Kier alpha value is -1.59. The zero-order valence-electron chi connectivity index (χ0n) is 16.5. The highest BCUT2D eigenvalue weighted by atomic mass is 28.4. The van der Waals surface area contributed by atoms with Crippen LogP contribution in [0.25, 0.3) is 0 Å². The molecule has 0 bridgehead atoms. The molecule has 2 aromatic rings. The van der Waals surface area contributed by atoms with Gasteiger partial charge in [0.25, 0.3) is 0 Å². The van der Waals surface area contributed by atoms with Gasteiger partial charge in [0.2, 0.25) is 0 Å². The zero-order chi connectivity index (χ0) is 20.0. The van der Waals surface area contributed by atoms with Crippen LogP contribution in [-0.2, 0) is 17.0 Å². The van der Waals surface area contributed by atoms with Gasteiger partial charge < -0.3 is 4.43 Å². The van der Waals surface area contributed by atoms with Gasteiger partial charge in [0.05, 0.1) is 11.7 Å². The van der Waals surface area contributed by atoms with E-state index < -0.39 is 20.1 Å². The number of rotatable bonds is 3. The Morgan fingerprint density at radius 3 is 2.07 bits per heavy atom. The van der Waals surface area contributed by atoms with Crippen LogP contribution < -0.4 is 0 Å². The third kappa shape index (κ3) is 3.99. The molecule has 3 rings (SSSR count). The molecule has 1 nitrogen and oxygen atoms in total. The second-order valence-corrected chi connectivity index (χ2v) is 13.7. The molecule has 0 radical (unpaired) electrons. The lowest BCUT2D eigenvalue weighted by molar-refractivity contribution is -0.137. The van der Waals surface area contributed by atoms with E-state index in [1.807, 2.05) is 12.1 Å². The lowest BCUT2D eigenvalue weighted by Gasteiger charge is -2.40. The van der Waals surface area contributed by atoms with Gasteiger partial charge in [-0.1, -0.05) is 57.2 Å². The van der Waals surface area contributed by atoms with Gasteiger partial charge in [0.1, 0.15) is 0 Å². The summed E-state index contributed by atoms with van der Waals surface area (Å²) in [6.07, 6.45) is -3.63. The Bertz CT molecular complexity index is 804. The second kappa shape index (κ2) is 6.78. The van der Waals surface area contributed by atoms with Gasteiger partial charge in [-0.2, -0.15) is 13.2 Å². The number of hydrogen-bond donors (Lipinski definition) is 0. The van der Waals surface area contributed by atoms with Gasteiger partial charge in [0.15, 0.2) is 8.32 Å². The van der Waals surface area contributed by atoms with Crippen LogP contribution >= 0.6 is 0 Å². The van der Waals surface area contributed by atoms with E-state index in [1.54, 1.807) is 12.1 Å². The summed E-state index contributed by atoms with van der Waals surface area (Å²) >= 11 is 0. The normalized spacial score (nSPS) is 20.6. The predicted molar refractivity (Wildman–Crippen MR) is 105 cm³/mol. The van der Waals surface area contributed by atoms with Gasteiger partial charge in [-0.05, 0) is 53.4 Å². The van der Waals surface area contributed by atoms with E-state index in [9.17, 15) is 13.2 Å². The summed E-state index contributed by atoms with van der Waals surface area (Å²) in [5.74, 6) is 0.0406. The lowest BCUT2D eigenvalue weighted by atomic mass is 9.93. The zero-order valence-corrected chi connectivity index (χ0v) is 17.5. The summed E-state index contributed by atoms with van der Waals surface area (Å²) in [4.78, 5) is 0. The smallest absolute Gasteiger partial charge is 0.409 e. The average Bonchev–Trinajstić information content (AvgIpc) is 2.91. The summed E-state index contributed by atoms with van der Waals surface area (Å²) in [6, 6.07) is 13.8. The third-order valence-electron chi connectivity index (χ3n) is 6.06. The van der Waals surface area contributed by atoms with Crippen LogP contribution in [0.2, 0.25) is 18.1 Å². The van der Waals surface area contributed by atoms with E-state index in [1.165, 1.54) is 23.3 Å². The first-order valence-electron chi connectivity index (χ1n) is 9.33. The minimum atomic E-state index is -4.31. The highest BCUT2D eigenvalue weighted by molar-refractivity contribution is 6.74. The standard InChI is InChI=1S/C22H27F3OSi/c1-21(2,3)27(4,5)26-20-18-9-7-6-8-16(18)14-19(20)15-10-12-17(13-11-15)22(23,24)25/h6-13,19-20H,14H2,1-5H3/t19-,20+/m1/s1. The van der Waals surface area contributed by atoms with Crippen LogP contribution in [0, 0.1) is 0 Å². The Kier molecular flexibility index (Phi) is 5.06. The molecule has 0 saturated carbocycles. The van der Waals surface area contributed by atoms with E-state index in [0.29, 0.717) is 0 Å². The lowest BCUT2D eigenvalue weighted by Crippen LogP contribution is -2.42. The Morgan fingerprint density at radius 1 is 0.926 bits per heavy atom. The summed E-state index contributed by atoms with van der Waals surface area (Å²) in [7, 11) is -2.03. The summed E-state index contributed by atoms with van der Waals surface area (Å²) < 4.78 is 45.5. The van der Waals surface area contributed by atoms with E-state index in [2.05, 4.69) is 46.0 Å². The molecule has 0 amide bonds. The van der Waals surface area contributed by atoms with Crippen molar-refractivity contribution < 1.29 is 17.6 Å². The quantitative estimate of drug-likeness (QED) is 0.506. The molecule has 0 unspecified atom stereocenters. The van der Waals surface area contributed by atoms with Crippen LogP contribution in [0.3, 0.4) is 0 Å². The minimum Gasteiger partial charge on any atom is -0.409 e. The molecule has 27 heavy (non-hydrogen) atoms. The van der Waals surface area contributed by atoms with Gasteiger partial charge in [-0.3, -0.25) is 0 Å². The average molecular weight is 393 g/mol. The summed E-state index contributed by atoms with van der Waals surface area (Å²) in [5.41, 5.74) is 2.70. The highest BCUT2D eigenvalue weighted by Gasteiger charge is 2.44. The third-order valence-corrected chi connectivity index (χ3v) is 10.5. The molecule has 0 aliphatic heterocycles. The molecular formula is C22H27F3OSi. The Labute approximate surface area is 160 Å². The van der Waals surface area contributed by atoms with Crippen molar-refractivity contribution in [2.24, 2.45) is 0 Å². The first-order valence-corrected chi connectivity index (χ1v) is 12.2. The monoisotopic (exact) mass is 392 g/mol. The predicted octanol–water partition coefficient (Wildman–Crippen LogP) is 7.11. The largest absolute Gasteiger partial charge is 0.416 e. The first-order chi connectivity index (χ1) is 12.4. The molecule has 0 heterocycles. The summed E-state index contributed by atoms with van der Waals surface area (Å²) in [6.45, 7) is 11.0. The van der Waals surface area contributed by atoms with Crippen molar-refractivity contribution in [2.75, 3.05) is 0 Å². The maximum absolute atomic E-state index is 12.9. The molecule has 0 fully saturated rings. The molecule has 1 aliphatic rings. The van der Waals surface area contributed by atoms with Crippen molar-refractivity contribution in [3.8, 4) is 0 Å². The van der Waals surface area contributed by atoms with Crippen LogP contribution in [0.15, 0.2) is 48.5 Å². The molecule has 0 N–H and O–H groups in total. The second-order valence-electron chi connectivity index (χ2n) is 8.93. The molecule has 2 aromatic carbocycles. The Morgan fingerprint density at radius 2 is 1.52 bits per heavy atom. The van der Waals surface area contributed by atoms with Crippen molar-refractivity contribution in [3.63, 3.8) is 0 Å². The highest BCUT2D eigenvalue weighted by Crippen LogP contribution is 2.49. The Balaban J connectivity index is 1.97. The van der Waals surface area contributed by atoms with E-state index in [-0.39, 0.29) is 17.1 Å². The molecule has 2 atom stereocenters. The molecule has 146 valence electrons. The number of benzene rings is 2. The van der Waals surface area contributed by atoms with Crippen molar-refractivity contribution in [1.29, 1.82) is 0 Å². The fraction of sp³-hybridized carbons (Fsp3) is 0.455. The molecule has 0 spiro atoms. The van der Waals surface area contributed by atoms with Crippen molar-refractivity contribution >= 4 is 8.32 Å². The minimum absolute atomic E-state index is 0.0406. The van der Waals surface area contributed by atoms with Crippen molar-refractivity contribution in [2.45, 2.75) is 63.5 Å². The van der Waals surface area contributed by atoms with E-state index >= 15 is 0 Å². The van der Waals surface area contributed by atoms with Crippen LogP contribution in [0.1, 0.15) is 55.0 Å². The van der Waals surface area contributed by atoms with E-state index in [0.717, 1.165) is 12.0 Å². The van der Waals surface area contributed by atoms with Gasteiger partial charge >= 0.3 is 6.18 Å². The molecule has 1 aliphatic carbocycles. The van der Waals surface area contributed by atoms with Gasteiger partial charge in [-0.15, -0.1) is 0 Å². The van der Waals surface area contributed by atoms with Crippen LogP contribution in [0.5, 0.6) is 0 Å². The molecule has 0 aromatic heterocycles. The number of fused-ring (bicyclic) bond motifs is 1. The van der Waals surface area contributed by atoms with E-state index in [4.69, 9.17) is 4.43 Å². The molecular weight excluding hydrogens is 365 g/mol. The molecule has 5 heteroatoms. The summed E-state index contributed by atoms with van der Waals surface area (Å²) in [5, 5.41) is 0.0647. The maximum atomic E-state index is 12.9. The van der Waals surface area contributed by atoms with Crippen LogP contribution in [0.4, 0.5) is 13.2 Å². The first kappa shape index (κ1) is 20.1.